The molecule has 0 amide bonds. The van der Waals surface area contributed by atoms with Gasteiger partial charge in [0.1, 0.15) is 12.0 Å². The van der Waals surface area contributed by atoms with Crippen LogP contribution in [-0.4, -0.2) is 17.3 Å². The number of hydrogen-bond donors (Lipinski definition) is 1. The van der Waals surface area contributed by atoms with Gasteiger partial charge in [-0.3, -0.25) is 0 Å². The molecule has 0 aromatic heterocycles. The van der Waals surface area contributed by atoms with E-state index in [1.807, 2.05) is 26.0 Å². The second-order valence-corrected chi connectivity index (χ2v) is 6.27. The maximum Gasteiger partial charge on any atom is 0.376 e. The van der Waals surface area contributed by atoms with Crippen LogP contribution in [0.4, 0.5) is 0 Å². The Hall–Kier alpha value is -1.12. The molecule has 0 aliphatic carbocycles. The predicted molar refractivity (Wildman–Crippen MR) is 75.8 cm³/mol. The predicted octanol–water partition coefficient (Wildman–Crippen LogP) is 3.35. The quantitative estimate of drug-likeness (QED) is 0.451. The van der Waals surface area contributed by atoms with Crippen molar-refractivity contribution in [1.82, 2.24) is 0 Å². The fourth-order valence-corrected chi connectivity index (χ4v) is 3.15. The summed E-state index contributed by atoms with van der Waals surface area (Å²) in [7, 11) is -3.67. The van der Waals surface area contributed by atoms with Gasteiger partial charge < -0.3 is 14.2 Å². The number of carbonyl (C=O) groups excluding carboxylic acids is 1. The highest BCUT2D eigenvalue weighted by atomic mass is 31.2. The van der Waals surface area contributed by atoms with E-state index in [1.54, 1.807) is 6.07 Å². The topological polar surface area (TPSA) is 63.6 Å². The Morgan fingerprint density at radius 1 is 1.32 bits per heavy atom. The van der Waals surface area contributed by atoms with Crippen LogP contribution in [0.1, 0.15) is 37.8 Å². The molecule has 5 heteroatoms. The zero-order valence-electron chi connectivity index (χ0n) is 11.5. The SMILES string of the molecule is CCc1cccc(OP(=O)(O)CCCC=O)c1CC. The zero-order chi connectivity index (χ0) is 14.3. The molecule has 1 aromatic rings. The lowest BCUT2D eigenvalue weighted by Crippen LogP contribution is -2.02. The number of aryl methyl sites for hydroxylation is 1. The molecule has 0 spiro atoms. The van der Waals surface area contributed by atoms with Gasteiger partial charge in [0.05, 0.1) is 6.16 Å². The smallest absolute Gasteiger partial charge is 0.376 e. The summed E-state index contributed by atoms with van der Waals surface area (Å²) in [6.07, 6.45) is 3.02. The molecule has 106 valence electrons. The molecule has 0 saturated heterocycles. The van der Waals surface area contributed by atoms with Crippen LogP contribution >= 0.6 is 7.60 Å². The normalized spacial score (nSPS) is 13.8. The Morgan fingerprint density at radius 2 is 2.05 bits per heavy atom. The molecular weight excluding hydrogens is 263 g/mol. The lowest BCUT2D eigenvalue weighted by molar-refractivity contribution is -0.107. The van der Waals surface area contributed by atoms with Crippen molar-refractivity contribution in [1.29, 1.82) is 0 Å². The first-order valence-electron chi connectivity index (χ1n) is 6.59. The first-order chi connectivity index (χ1) is 9.04. The van der Waals surface area contributed by atoms with Crippen LogP contribution in [0.5, 0.6) is 5.75 Å². The van der Waals surface area contributed by atoms with Crippen LogP contribution in [0.3, 0.4) is 0 Å². The highest BCUT2D eigenvalue weighted by Gasteiger charge is 2.22. The summed E-state index contributed by atoms with van der Waals surface area (Å²) >= 11 is 0. The molecule has 0 aliphatic rings. The van der Waals surface area contributed by atoms with E-state index in [1.165, 1.54) is 0 Å². The third-order valence-electron chi connectivity index (χ3n) is 2.97. The van der Waals surface area contributed by atoms with E-state index in [9.17, 15) is 14.3 Å². The van der Waals surface area contributed by atoms with Crippen LogP contribution in [0.25, 0.3) is 0 Å². The summed E-state index contributed by atoms with van der Waals surface area (Å²) in [5.41, 5.74) is 2.11. The van der Waals surface area contributed by atoms with Crippen molar-refractivity contribution in [2.24, 2.45) is 0 Å². The summed E-state index contributed by atoms with van der Waals surface area (Å²) in [5.74, 6) is 0.485. The fourth-order valence-electron chi connectivity index (χ4n) is 2.00. The number of carbonyl (C=O) groups is 1. The molecule has 1 rings (SSSR count). The average Bonchev–Trinajstić information content (AvgIpc) is 2.38. The van der Waals surface area contributed by atoms with E-state index >= 15 is 0 Å². The van der Waals surface area contributed by atoms with Crippen molar-refractivity contribution in [2.75, 3.05) is 6.16 Å². The minimum atomic E-state index is -3.67. The molecule has 1 unspecified atom stereocenters. The van der Waals surface area contributed by atoms with Gasteiger partial charge in [-0.1, -0.05) is 26.0 Å². The van der Waals surface area contributed by atoms with E-state index in [0.29, 0.717) is 12.2 Å². The summed E-state index contributed by atoms with van der Waals surface area (Å²) in [5, 5.41) is 0. The van der Waals surface area contributed by atoms with Gasteiger partial charge in [0, 0.05) is 6.42 Å². The molecule has 0 fully saturated rings. The number of rotatable bonds is 8. The molecule has 0 radical (unpaired) electrons. The average molecular weight is 284 g/mol. The first-order valence-corrected chi connectivity index (χ1v) is 8.36. The Balaban J connectivity index is 2.86. The molecule has 1 N–H and O–H groups in total. The number of hydrogen-bond acceptors (Lipinski definition) is 3. The third-order valence-corrected chi connectivity index (χ3v) is 4.33. The van der Waals surface area contributed by atoms with E-state index in [0.717, 1.165) is 30.3 Å². The van der Waals surface area contributed by atoms with Gasteiger partial charge in [-0.2, -0.15) is 0 Å². The minimum Gasteiger partial charge on any atom is -0.424 e. The molecule has 1 aromatic carbocycles. The van der Waals surface area contributed by atoms with Crippen LogP contribution in [0, 0.1) is 0 Å². The molecule has 0 bridgehead atoms. The van der Waals surface area contributed by atoms with Crippen LogP contribution < -0.4 is 4.52 Å². The second-order valence-electron chi connectivity index (χ2n) is 4.36. The zero-order valence-corrected chi connectivity index (χ0v) is 12.4. The minimum absolute atomic E-state index is 0.00521. The highest BCUT2D eigenvalue weighted by Crippen LogP contribution is 2.44. The van der Waals surface area contributed by atoms with E-state index in [-0.39, 0.29) is 12.6 Å². The number of unbranched alkanes of at least 4 members (excludes halogenated alkanes) is 1. The number of benzene rings is 1. The van der Waals surface area contributed by atoms with Crippen molar-refractivity contribution in [2.45, 2.75) is 39.5 Å². The Bertz CT molecular complexity index is 471. The van der Waals surface area contributed by atoms with E-state index < -0.39 is 7.60 Å². The summed E-state index contributed by atoms with van der Waals surface area (Å²) < 4.78 is 17.3. The van der Waals surface area contributed by atoms with Crippen LogP contribution in [-0.2, 0) is 22.2 Å². The van der Waals surface area contributed by atoms with Crippen LogP contribution in [0.15, 0.2) is 18.2 Å². The first kappa shape index (κ1) is 15.9. The number of aldehydes is 1. The third kappa shape index (κ3) is 4.81. The van der Waals surface area contributed by atoms with Gasteiger partial charge in [0.2, 0.25) is 0 Å². The highest BCUT2D eigenvalue weighted by molar-refractivity contribution is 7.53. The van der Waals surface area contributed by atoms with Crippen molar-refractivity contribution < 1.29 is 18.8 Å². The van der Waals surface area contributed by atoms with Crippen molar-refractivity contribution in [3.8, 4) is 5.75 Å². The Morgan fingerprint density at radius 3 is 2.63 bits per heavy atom. The van der Waals surface area contributed by atoms with E-state index in [2.05, 4.69) is 0 Å². The van der Waals surface area contributed by atoms with Gasteiger partial charge in [0.25, 0.3) is 0 Å². The second kappa shape index (κ2) is 7.46. The standard InChI is InChI=1S/C14H21O4P/c1-3-12-8-7-9-14(13(12)4-2)18-19(16,17)11-6-5-10-15/h7-10H,3-6,11H2,1-2H3,(H,16,17). The molecule has 19 heavy (non-hydrogen) atoms. The summed E-state index contributed by atoms with van der Waals surface area (Å²) in [4.78, 5) is 20.0. The van der Waals surface area contributed by atoms with Crippen molar-refractivity contribution in [3.63, 3.8) is 0 Å². The van der Waals surface area contributed by atoms with Gasteiger partial charge >= 0.3 is 7.60 Å². The van der Waals surface area contributed by atoms with Gasteiger partial charge in [-0.05, 0) is 36.5 Å². The fraction of sp³-hybridized carbons (Fsp3) is 0.500. The Kier molecular flexibility index (Phi) is 6.26. The largest absolute Gasteiger partial charge is 0.424 e. The van der Waals surface area contributed by atoms with Crippen LogP contribution in [0.2, 0.25) is 0 Å². The van der Waals surface area contributed by atoms with Crippen molar-refractivity contribution >= 4 is 13.9 Å². The maximum atomic E-state index is 11.9. The maximum absolute atomic E-state index is 11.9. The van der Waals surface area contributed by atoms with E-state index in [4.69, 9.17) is 4.52 Å². The summed E-state index contributed by atoms with van der Waals surface area (Å²) in [6, 6.07) is 5.56. The molecule has 0 heterocycles. The summed E-state index contributed by atoms with van der Waals surface area (Å²) in [6.45, 7) is 4.04. The van der Waals surface area contributed by atoms with Gasteiger partial charge in [-0.25, -0.2) is 4.57 Å². The lowest BCUT2D eigenvalue weighted by atomic mass is 10.0. The Labute approximate surface area is 114 Å². The monoisotopic (exact) mass is 284 g/mol. The van der Waals surface area contributed by atoms with Crippen molar-refractivity contribution in [3.05, 3.63) is 29.3 Å². The van der Waals surface area contributed by atoms with Gasteiger partial charge in [0.15, 0.2) is 0 Å². The lowest BCUT2D eigenvalue weighted by Gasteiger charge is -2.17. The molecular formula is C14H21O4P. The molecule has 0 saturated carbocycles. The van der Waals surface area contributed by atoms with Gasteiger partial charge in [-0.15, -0.1) is 0 Å². The molecule has 0 aliphatic heterocycles. The molecule has 4 nitrogen and oxygen atoms in total. The molecule has 1 atom stereocenters.